The lowest BCUT2D eigenvalue weighted by molar-refractivity contribution is -0.00000630. The van der Waals surface area contributed by atoms with Gasteiger partial charge in [-0.25, -0.2) is 0 Å². The van der Waals surface area contributed by atoms with Crippen molar-refractivity contribution < 1.29 is 25.8 Å². The van der Waals surface area contributed by atoms with Crippen molar-refractivity contribution in [2.45, 2.75) is 63.9 Å². The standard InChI is InChI=1S/C13H27BrF2P.BrH/c1-4-7-10-17(11-8-5-2,12-9-6-3)13(14,15)16;/h4-12H2,1-3H3;1H/q+1;/p-1. The van der Waals surface area contributed by atoms with Gasteiger partial charge in [0, 0.05) is 15.9 Å². The van der Waals surface area contributed by atoms with Crippen molar-refractivity contribution >= 4 is 23.2 Å². The molecule has 0 aliphatic carbocycles. The van der Waals surface area contributed by atoms with Crippen LogP contribution < -0.4 is 17.0 Å². The molecular weight excluding hydrogens is 385 g/mol. The van der Waals surface area contributed by atoms with Crippen LogP contribution in [0.25, 0.3) is 0 Å². The fraction of sp³-hybridized carbons (Fsp3) is 1.00. The van der Waals surface area contributed by atoms with Gasteiger partial charge in [-0.2, -0.15) is 8.78 Å². The summed E-state index contributed by atoms with van der Waals surface area (Å²) < 4.78 is 25.3. The van der Waals surface area contributed by atoms with Gasteiger partial charge in [0.15, 0.2) is 0 Å². The molecule has 0 aromatic rings. The molecule has 0 spiro atoms. The predicted molar refractivity (Wildman–Crippen MR) is 80.1 cm³/mol. The van der Waals surface area contributed by atoms with Crippen LogP contribution in [0, 0.1) is 0 Å². The van der Waals surface area contributed by atoms with Gasteiger partial charge in [0.25, 0.3) is 0 Å². The van der Waals surface area contributed by atoms with Crippen molar-refractivity contribution in [2.75, 3.05) is 18.5 Å². The van der Waals surface area contributed by atoms with E-state index in [1.165, 1.54) is 0 Å². The average Bonchev–Trinajstić information content (AvgIpc) is 2.27. The number of rotatable bonds is 10. The van der Waals surface area contributed by atoms with Gasteiger partial charge in [0.2, 0.25) is 0 Å². The summed E-state index contributed by atoms with van der Waals surface area (Å²) in [6, 6.07) is 0. The molecule has 0 saturated carbocycles. The molecule has 0 aromatic heterocycles. The van der Waals surface area contributed by atoms with Crippen LogP contribution in [-0.4, -0.2) is 23.1 Å². The highest BCUT2D eigenvalue weighted by atomic mass is 79.9. The molecule has 0 nitrogen and oxygen atoms in total. The molecule has 0 heterocycles. The van der Waals surface area contributed by atoms with E-state index in [0.29, 0.717) is 0 Å². The third-order valence-corrected chi connectivity index (χ3v) is 10.2. The van der Waals surface area contributed by atoms with Crippen LogP contribution in [0.5, 0.6) is 0 Å². The Hall–Kier alpha value is 1.25. The summed E-state index contributed by atoms with van der Waals surface area (Å²) >= 11 is 2.71. The van der Waals surface area contributed by atoms with Crippen LogP contribution in [0.15, 0.2) is 0 Å². The average molecular weight is 412 g/mol. The molecule has 0 atom stereocenters. The van der Waals surface area contributed by atoms with Crippen molar-refractivity contribution in [3.63, 3.8) is 0 Å². The lowest BCUT2D eigenvalue weighted by atomic mass is 10.4. The summed E-state index contributed by atoms with van der Waals surface area (Å²) in [6.07, 6.45) is 8.15. The van der Waals surface area contributed by atoms with Crippen LogP contribution in [0.1, 0.15) is 59.3 Å². The lowest BCUT2D eigenvalue weighted by Gasteiger charge is -2.31. The van der Waals surface area contributed by atoms with E-state index < -0.39 is 11.8 Å². The first-order chi connectivity index (χ1) is 7.93. The highest BCUT2D eigenvalue weighted by molar-refractivity contribution is 9.11. The van der Waals surface area contributed by atoms with Gasteiger partial charge in [-0.15, -0.1) is 0 Å². The Labute approximate surface area is 131 Å². The van der Waals surface area contributed by atoms with Crippen molar-refractivity contribution in [3.05, 3.63) is 0 Å². The van der Waals surface area contributed by atoms with Crippen molar-refractivity contribution in [2.24, 2.45) is 0 Å². The van der Waals surface area contributed by atoms with E-state index in [4.69, 9.17) is 0 Å². The van der Waals surface area contributed by atoms with E-state index in [2.05, 4.69) is 36.7 Å². The van der Waals surface area contributed by atoms with Crippen LogP contribution in [-0.2, 0) is 0 Å². The zero-order valence-corrected chi connectivity index (χ0v) is 15.9. The summed E-state index contributed by atoms with van der Waals surface area (Å²) in [6.45, 7) is 6.25. The molecule has 0 N–H and O–H groups in total. The molecule has 0 bridgehead atoms. The van der Waals surface area contributed by atoms with Crippen LogP contribution in [0.3, 0.4) is 0 Å². The van der Waals surface area contributed by atoms with Gasteiger partial charge in [-0.3, -0.25) is 0 Å². The molecule has 0 saturated heterocycles. The fourth-order valence-electron chi connectivity index (χ4n) is 2.10. The Morgan fingerprint density at radius 3 is 1.28 bits per heavy atom. The Bertz CT molecular complexity index is 174. The van der Waals surface area contributed by atoms with E-state index in [0.717, 1.165) is 57.0 Å². The first-order valence-corrected chi connectivity index (χ1v) is 10.00. The predicted octanol–water partition coefficient (Wildman–Crippen LogP) is 3.35. The maximum atomic E-state index is 14.0. The number of hydrogen-bond donors (Lipinski definition) is 0. The molecule has 112 valence electrons. The summed E-state index contributed by atoms with van der Waals surface area (Å²) in [7, 11) is -2.15. The third kappa shape index (κ3) is 7.14. The van der Waals surface area contributed by atoms with E-state index in [9.17, 15) is 8.78 Å². The number of halogens is 4. The fourth-order valence-corrected chi connectivity index (χ4v) is 7.89. The molecule has 0 unspecified atom stereocenters. The van der Waals surface area contributed by atoms with Gasteiger partial charge in [0.05, 0.1) is 18.5 Å². The largest absolute Gasteiger partial charge is 1.00 e. The van der Waals surface area contributed by atoms with E-state index in [1.54, 1.807) is 0 Å². The highest BCUT2D eigenvalue weighted by Gasteiger charge is 2.57. The highest BCUT2D eigenvalue weighted by Crippen LogP contribution is 2.74. The second-order valence-electron chi connectivity index (χ2n) is 4.84. The van der Waals surface area contributed by atoms with Gasteiger partial charge in [-0.1, -0.05) is 40.0 Å². The second kappa shape index (κ2) is 11.0. The molecule has 0 rings (SSSR count). The molecule has 0 amide bonds. The minimum absolute atomic E-state index is 0. The number of alkyl halides is 3. The Morgan fingerprint density at radius 2 is 1.11 bits per heavy atom. The van der Waals surface area contributed by atoms with E-state index >= 15 is 0 Å². The molecule has 18 heavy (non-hydrogen) atoms. The first kappa shape index (κ1) is 21.5. The summed E-state index contributed by atoms with van der Waals surface area (Å²) in [5, 5.41) is 0. The van der Waals surface area contributed by atoms with Gasteiger partial charge in [0.1, 0.15) is 7.26 Å². The van der Waals surface area contributed by atoms with Crippen molar-refractivity contribution in [3.8, 4) is 0 Å². The molecule has 0 fully saturated rings. The molecule has 0 aliphatic rings. The quantitative estimate of drug-likeness (QED) is 0.382. The monoisotopic (exact) mass is 410 g/mol. The van der Waals surface area contributed by atoms with Crippen molar-refractivity contribution in [1.29, 1.82) is 0 Å². The van der Waals surface area contributed by atoms with E-state index in [-0.39, 0.29) is 17.0 Å². The normalized spacial score (nSPS) is 12.3. The first-order valence-electron chi connectivity index (χ1n) is 6.86. The maximum absolute atomic E-state index is 14.0. The van der Waals surface area contributed by atoms with Crippen LogP contribution in [0.2, 0.25) is 0 Å². The SMILES string of the molecule is CCCC[P+](CCCC)(CCCC)C(F)(F)Br.[Br-]. The van der Waals surface area contributed by atoms with Crippen molar-refractivity contribution in [1.82, 2.24) is 0 Å². The summed E-state index contributed by atoms with van der Waals surface area (Å²) in [5.74, 6) is 0. The zero-order valence-electron chi connectivity index (χ0n) is 11.8. The molecule has 0 aliphatic heterocycles. The van der Waals surface area contributed by atoms with Crippen LogP contribution in [0.4, 0.5) is 8.78 Å². The maximum Gasteiger partial charge on any atom is 0.408 e. The zero-order chi connectivity index (χ0) is 13.4. The lowest BCUT2D eigenvalue weighted by Crippen LogP contribution is -3.00. The smallest absolute Gasteiger partial charge is 0.408 e. The third-order valence-electron chi connectivity index (χ3n) is 3.36. The van der Waals surface area contributed by atoms with Gasteiger partial charge >= 0.3 is 4.57 Å². The second-order valence-corrected chi connectivity index (χ2v) is 10.6. The minimum Gasteiger partial charge on any atom is -1.00 e. The summed E-state index contributed by atoms with van der Waals surface area (Å²) in [5.41, 5.74) is 0. The molecule has 0 radical (unpaired) electrons. The topological polar surface area (TPSA) is 0 Å². The Kier molecular flexibility index (Phi) is 13.1. The summed E-state index contributed by atoms with van der Waals surface area (Å²) in [4.78, 5) is 0. The molecular formula is C13H27Br2F2P. The number of hydrogen-bond acceptors (Lipinski definition) is 0. The molecule has 0 aromatic carbocycles. The van der Waals surface area contributed by atoms with Crippen LogP contribution >= 0.6 is 23.2 Å². The minimum atomic E-state index is -2.61. The van der Waals surface area contributed by atoms with E-state index in [1.807, 2.05) is 0 Å². The number of unbranched alkanes of at least 4 members (excludes halogenated alkanes) is 3. The Balaban J connectivity index is 0. The Morgan fingerprint density at radius 1 is 0.833 bits per heavy atom. The van der Waals surface area contributed by atoms with Gasteiger partial charge < -0.3 is 17.0 Å². The van der Waals surface area contributed by atoms with Gasteiger partial charge in [-0.05, 0) is 19.3 Å². The molecule has 5 heteroatoms.